The van der Waals surface area contributed by atoms with Gasteiger partial charge >= 0.3 is 5.97 Å². The molecule has 1 heterocycles. The molecule has 3 rings (SSSR count). The Morgan fingerprint density at radius 1 is 1.13 bits per heavy atom. The lowest BCUT2D eigenvalue weighted by Crippen LogP contribution is -2.12. The minimum absolute atomic E-state index is 0.213. The van der Waals surface area contributed by atoms with Crippen molar-refractivity contribution in [2.75, 3.05) is 0 Å². The highest BCUT2D eigenvalue weighted by molar-refractivity contribution is 9.10. The van der Waals surface area contributed by atoms with Crippen molar-refractivity contribution in [3.05, 3.63) is 70.3 Å². The first-order valence-corrected chi connectivity index (χ1v) is 7.81. The van der Waals surface area contributed by atoms with Gasteiger partial charge in [-0.05, 0) is 17.7 Å². The van der Waals surface area contributed by atoms with Crippen LogP contribution < -0.4 is 0 Å². The van der Waals surface area contributed by atoms with Gasteiger partial charge in [0.1, 0.15) is 12.3 Å². The zero-order valence-electron chi connectivity index (χ0n) is 12.4. The number of aryl methyl sites for hydroxylation is 1. The summed E-state index contributed by atoms with van der Waals surface area (Å²) in [5.41, 5.74) is 2.59. The van der Waals surface area contributed by atoms with Crippen LogP contribution in [0.4, 0.5) is 0 Å². The third-order valence-corrected chi connectivity index (χ3v) is 3.88. The summed E-state index contributed by atoms with van der Waals surface area (Å²) in [6.45, 7) is 0.213. The van der Waals surface area contributed by atoms with Gasteiger partial charge in [0.2, 0.25) is 0 Å². The van der Waals surface area contributed by atoms with Crippen LogP contribution in [0, 0.1) is 0 Å². The van der Waals surface area contributed by atoms with E-state index in [0.29, 0.717) is 11.4 Å². The lowest BCUT2D eigenvalue weighted by Gasteiger charge is -2.06. The summed E-state index contributed by atoms with van der Waals surface area (Å²) < 4.78 is 7.78. The SMILES string of the molecule is Cn1nnc(-c2ccc(Br)cc2)c1C(=O)OCc1ccccc1. The smallest absolute Gasteiger partial charge is 0.359 e. The van der Waals surface area contributed by atoms with Gasteiger partial charge in [0, 0.05) is 17.1 Å². The van der Waals surface area contributed by atoms with Crippen LogP contribution in [0.5, 0.6) is 0 Å². The minimum atomic E-state index is -0.445. The third-order valence-electron chi connectivity index (χ3n) is 3.35. The average Bonchev–Trinajstić information content (AvgIpc) is 2.96. The number of hydrogen-bond acceptors (Lipinski definition) is 4. The van der Waals surface area contributed by atoms with E-state index in [1.54, 1.807) is 7.05 Å². The summed E-state index contributed by atoms with van der Waals surface area (Å²) in [4.78, 5) is 12.4. The number of aromatic nitrogens is 3. The maximum atomic E-state index is 12.4. The predicted molar refractivity (Wildman–Crippen MR) is 89.7 cm³/mol. The van der Waals surface area contributed by atoms with E-state index in [2.05, 4.69) is 26.2 Å². The zero-order chi connectivity index (χ0) is 16.2. The fourth-order valence-corrected chi connectivity index (χ4v) is 2.44. The monoisotopic (exact) mass is 371 g/mol. The highest BCUT2D eigenvalue weighted by Gasteiger charge is 2.21. The van der Waals surface area contributed by atoms with Crippen molar-refractivity contribution < 1.29 is 9.53 Å². The first kappa shape index (κ1) is 15.4. The molecule has 5 nitrogen and oxygen atoms in total. The van der Waals surface area contributed by atoms with Gasteiger partial charge in [-0.15, -0.1) is 5.10 Å². The highest BCUT2D eigenvalue weighted by Crippen LogP contribution is 2.23. The maximum absolute atomic E-state index is 12.4. The molecule has 0 atom stereocenters. The maximum Gasteiger partial charge on any atom is 0.359 e. The zero-order valence-corrected chi connectivity index (χ0v) is 14.0. The molecule has 0 aliphatic rings. The van der Waals surface area contributed by atoms with Gasteiger partial charge in [0.25, 0.3) is 0 Å². The first-order chi connectivity index (χ1) is 11.1. The Hall–Kier alpha value is -2.47. The van der Waals surface area contributed by atoms with Crippen molar-refractivity contribution in [2.45, 2.75) is 6.61 Å². The van der Waals surface area contributed by atoms with E-state index in [9.17, 15) is 4.79 Å². The highest BCUT2D eigenvalue weighted by atomic mass is 79.9. The lowest BCUT2D eigenvalue weighted by molar-refractivity contribution is 0.0461. The van der Waals surface area contributed by atoms with E-state index >= 15 is 0 Å². The van der Waals surface area contributed by atoms with Crippen molar-refractivity contribution in [2.24, 2.45) is 7.05 Å². The molecule has 116 valence electrons. The van der Waals surface area contributed by atoms with Crippen molar-refractivity contribution in [1.29, 1.82) is 0 Å². The molecule has 0 amide bonds. The molecule has 0 spiro atoms. The summed E-state index contributed by atoms with van der Waals surface area (Å²) in [6.07, 6.45) is 0. The van der Waals surface area contributed by atoms with Gasteiger partial charge in [-0.25, -0.2) is 9.48 Å². The molecule has 0 fully saturated rings. The van der Waals surface area contributed by atoms with Crippen LogP contribution in [0.1, 0.15) is 16.1 Å². The number of hydrogen-bond donors (Lipinski definition) is 0. The Morgan fingerprint density at radius 2 is 1.83 bits per heavy atom. The Balaban J connectivity index is 1.83. The second-order valence-electron chi connectivity index (χ2n) is 4.98. The number of rotatable bonds is 4. The molecule has 0 bridgehead atoms. The van der Waals surface area contributed by atoms with Crippen LogP contribution >= 0.6 is 15.9 Å². The fraction of sp³-hybridized carbons (Fsp3) is 0.118. The molecule has 2 aromatic carbocycles. The Kier molecular flexibility index (Phi) is 4.52. The molecule has 23 heavy (non-hydrogen) atoms. The van der Waals surface area contributed by atoms with Crippen molar-refractivity contribution in [1.82, 2.24) is 15.0 Å². The van der Waals surface area contributed by atoms with Crippen molar-refractivity contribution in [3.63, 3.8) is 0 Å². The molecule has 3 aromatic rings. The van der Waals surface area contributed by atoms with E-state index in [4.69, 9.17) is 4.74 Å². The summed E-state index contributed by atoms with van der Waals surface area (Å²) in [6, 6.07) is 17.1. The summed E-state index contributed by atoms with van der Waals surface area (Å²) in [7, 11) is 1.68. The number of nitrogens with zero attached hydrogens (tertiary/aromatic N) is 3. The number of benzene rings is 2. The standard InChI is InChI=1S/C17H14BrN3O2/c1-21-16(17(22)23-11-12-5-3-2-4-6-12)15(19-20-21)13-7-9-14(18)10-8-13/h2-10H,11H2,1H3. The predicted octanol–water partition coefficient (Wildman–Crippen LogP) is 3.60. The van der Waals surface area contributed by atoms with Crippen LogP contribution in [0.3, 0.4) is 0 Å². The second kappa shape index (κ2) is 6.75. The van der Waals surface area contributed by atoms with E-state index < -0.39 is 5.97 Å². The van der Waals surface area contributed by atoms with Crippen molar-refractivity contribution in [3.8, 4) is 11.3 Å². The quantitative estimate of drug-likeness (QED) is 0.657. The molecule has 6 heteroatoms. The number of carbonyl (C=O) groups is 1. The van der Waals surface area contributed by atoms with Gasteiger partial charge in [0.05, 0.1) is 0 Å². The van der Waals surface area contributed by atoms with Crippen LogP contribution in [0.15, 0.2) is 59.1 Å². The normalized spacial score (nSPS) is 10.5. The van der Waals surface area contributed by atoms with E-state index in [-0.39, 0.29) is 6.61 Å². The number of esters is 1. The molecule has 0 aliphatic carbocycles. The molecule has 0 radical (unpaired) electrons. The average molecular weight is 372 g/mol. The Labute approximate surface area is 142 Å². The topological polar surface area (TPSA) is 57.0 Å². The molecule has 0 N–H and O–H groups in total. The van der Waals surface area contributed by atoms with Gasteiger partial charge in [-0.1, -0.05) is 63.6 Å². The van der Waals surface area contributed by atoms with Crippen LogP contribution in [-0.2, 0) is 18.4 Å². The fourth-order valence-electron chi connectivity index (χ4n) is 2.18. The van der Waals surface area contributed by atoms with Gasteiger partial charge in [-0.2, -0.15) is 0 Å². The molecular weight excluding hydrogens is 358 g/mol. The molecular formula is C17H14BrN3O2. The van der Waals surface area contributed by atoms with Crippen LogP contribution in [-0.4, -0.2) is 21.0 Å². The molecule has 0 aliphatic heterocycles. The van der Waals surface area contributed by atoms with E-state index in [1.165, 1.54) is 4.68 Å². The van der Waals surface area contributed by atoms with Crippen molar-refractivity contribution >= 4 is 21.9 Å². The third kappa shape index (κ3) is 3.48. The number of ether oxygens (including phenoxy) is 1. The number of halogens is 1. The van der Waals surface area contributed by atoms with Gasteiger partial charge in [0.15, 0.2) is 5.69 Å². The van der Waals surface area contributed by atoms with Gasteiger partial charge < -0.3 is 4.74 Å². The molecule has 1 aromatic heterocycles. The first-order valence-electron chi connectivity index (χ1n) is 7.02. The van der Waals surface area contributed by atoms with E-state index in [1.807, 2.05) is 54.6 Å². The second-order valence-corrected chi connectivity index (χ2v) is 5.89. The van der Waals surface area contributed by atoms with E-state index in [0.717, 1.165) is 15.6 Å². The summed E-state index contributed by atoms with van der Waals surface area (Å²) in [5.74, 6) is -0.445. The van der Waals surface area contributed by atoms with Crippen LogP contribution in [0.25, 0.3) is 11.3 Å². The summed E-state index contributed by atoms with van der Waals surface area (Å²) in [5, 5.41) is 8.03. The molecule has 0 unspecified atom stereocenters. The lowest BCUT2D eigenvalue weighted by atomic mass is 10.1. The van der Waals surface area contributed by atoms with Gasteiger partial charge in [-0.3, -0.25) is 0 Å². The molecule has 0 saturated carbocycles. The van der Waals surface area contributed by atoms with Crippen LogP contribution in [0.2, 0.25) is 0 Å². The molecule has 0 saturated heterocycles. The Morgan fingerprint density at radius 3 is 2.52 bits per heavy atom. The Bertz CT molecular complexity index is 814. The largest absolute Gasteiger partial charge is 0.456 e. The summed E-state index contributed by atoms with van der Waals surface area (Å²) >= 11 is 3.39. The number of carbonyl (C=O) groups excluding carboxylic acids is 1. The minimum Gasteiger partial charge on any atom is -0.456 e.